The molecule has 0 saturated carbocycles. The lowest BCUT2D eigenvalue weighted by Gasteiger charge is -2.22. The largest absolute Gasteiger partial charge is 0.337 e. The molecule has 2 rings (SSSR count). The zero-order chi connectivity index (χ0) is 17.3. The van der Waals surface area contributed by atoms with Crippen molar-refractivity contribution in [3.05, 3.63) is 28.7 Å². The summed E-state index contributed by atoms with van der Waals surface area (Å²) in [7, 11) is 1.61. The van der Waals surface area contributed by atoms with Gasteiger partial charge in [0.2, 0.25) is 11.8 Å². The first kappa shape index (κ1) is 17.0. The minimum Gasteiger partial charge on any atom is -0.337 e. The maximum Gasteiger partial charge on any atom is 0.333 e. The topological polar surface area (TPSA) is 77.0 Å². The molecule has 0 radical (unpaired) electrons. The minimum atomic E-state index is -2.73. The molecule has 0 fully saturated rings. The van der Waals surface area contributed by atoms with Crippen LogP contribution >= 0.6 is 0 Å². The molecule has 1 unspecified atom stereocenters. The molecule has 0 saturated heterocycles. The highest BCUT2D eigenvalue weighted by molar-refractivity contribution is 5.79. The summed E-state index contributed by atoms with van der Waals surface area (Å²) in [6, 6.07) is -0.408. The molecular weight excluding hydrogens is 308 g/mol. The van der Waals surface area contributed by atoms with E-state index in [1.54, 1.807) is 27.8 Å². The van der Waals surface area contributed by atoms with Crippen LogP contribution < -0.4 is 0 Å². The fraction of sp³-hybridized carbons (Fsp3) is 0.571. The van der Waals surface area contributed by atoms with Gasteiger partial charge in [-0.2, -0.15) is 18.9 Å². The Hall–Kier alpha value is -2.32. The molecule has 2 aromatic heterocycles. The predicted molar refractivity (Wildman–Crippen MR) is 76.9 cm³/mol. The number of likely N-dealkylation sites (N-methyl/N-ethyl adjacent to an activating group) is 1. The fourth-order valence-corrected chi connectivity index (χ4v) is 2.28. The van der Waals surface area contributed by atoms with Gasteiger partial charge in [0, 0.05) is 18.3 Å². The Morgan fingerprint density at radius 2 is 2.00 bits per heavy atom. The van der Waals surface area contributed by atoms with Gasteiger partial charge < -0.3 is 9.42 Å². The van der Waals surface area contributed by atoms with Crippen molar-refractivity contribution >= 4 is 5.91 Å². The predicted octanol–water partition coefficient (Wildman–Crippen LogP) is 2.35. The van der Waals surface area contributed by atoms with Crippen LogP contribution in [0.3, 0.4) is 0 Å². The molecule has 0 aromatic carbocycles. The van der Waals surface area contributed by atoms with Crippen LogP contribution in [0.25, 0.3) is 0 Å². The summed E-state index contributed by atoms with van der Waals surface area (Å²) >= 11 is 0. The highest BCUT2D eigenvalue weighted by Crippen LogP contribution is 2.22. The summed E-state index contributed by atoms with van der Waals surface area (Å²) < 4.78 is 31.4. The van der Waals surface area contributed by atoms with Crippen molar-refractivity contribution < 1.29 is 18.1 Å². The van der Waals surface area contributed by atoms with E-state index >= 15 is 0 Å². The molecule has 0 aliphatic heterocycles. The van der Waals surface area contributed by atoms with Crippen molar-refractivity contribution in [1.29, 1.82) is 0 Å². The van der Waals surface area contributed by atoms with E-state index in [0.29, 0.717) is 33.3 Å². The van der Waals surface area contributed by atoms with Gasteiger partial charge in [-0.05, 0) is 27.7 Å². The molecular formula is C14H19F2N5O2. The second-order valence-electron chi connectivity index (χ2n) is 5.41. The molecule has 23 heavy (non-hydrogen) atoms. The van der Waals surface area contributed by atoms with E-state index in [4.69, 9.17) is 4.52 Å². The van der Waals surface area contributed by atoms with Crippen LogP contribution in [-0.4, -0.2) is 37.8 Å². The van der Waals surface area contributed by atoms with Gasteiger partial charge >= 0.3 is 6.55 Å². The van der Waals surface area contributed by atoms with Crippen molar-refractivity contribution in [2.75, 3.05) is 7.05 Å². The lowest BCUT2D eigenvalue weighted by molar-refractivity contribution is -0.131. The molecule has 0 N–H and O–H groups in total. The smallest absolute Gasteiger partial charge is 0.333 e. The molecule has 0 aliphatic rings. The number of aryl methyl sites for hydroxylation is 2. The Morgan fingerprint density at radius 1 is 1.35 bits per heavy atom. The van der Waals surface area contributed by atoms with Gasteiger partial charge in [-0.15, -0.1) is 0 Å². The molecule has 9 heteroatoms. The quantitative estimate of drug-likeness (QED) is 0.842. The number of rotatable bonds is 5. The number of hydrogen-bond donors (Lipinski definition) is 0. The number of amides is 1. The van der Waals surface area contributed by atoms with E-state index < -0.39 is 12.6 Å². The van der Waals surface area contributed by atoms with Crippen molar-refractivity contribution in [2.24, 2.45) is 0 Å². The number of alkyl halides is 2. The van der Waals surface area contributed by atoms with Crippen LogP contribution in [0.4, 0.5) is 8.78 Å². The third-order valence-corrected chi connectivity index (χ3v) is 3.86. The van der Waals surface area contributed by atoms with E-state index in [1.807, 2.05) is 0 Å². The zero-order valence-electron chi connectivity index (χ0n) is 13.7. The Labute approximate surface area is 132 Å². The maximum absolute atomic E-state index is 12.8. The second kappa shape index (κ2) is 6.43. The van der Waals surface area contributed by atoms with Gasteiger partial charge in [-0.25, -0.2) is 4.68 Å². The van der Waals surface area contributed by atoms with Crippen molar-refractivity contribution in [3.8, 4) is 0 Å². The molecule has 2 heterocycles. The zero-order valence-corrected chi connectivity index (χ0v) is 13.7. The lowest BCUT2D eigenvalue weighted by Crippen LogP contribution is -2.31. The molecule has 0 aliphatic carbocycles. The third kappa shape index (κ3) is 3.38. The van der Waals surface area contributed by atoms with E-state index in [-0.39, 0.29) is 12.3 Å². The summed E-state index contributed by atoms with van der Waals surface area (Å²) in [4.78, 5) is 18.0. The summed E-state index contributed by atoms with van der Waals surface area (Å²) in [6.45, 7) is 3.86. The first-order chi connectivity index (χ1) is 10.7. The van der Waals surface area contributed by atoms with E-state index in [1.165, 1.54) is 11.8 Å². The number of carbonyl (C=O) groups excluding carboxylic acids is 1. The van der Waals surface area contributed by atoms with Gasteiger partial charge in [0.25, 0.3) is 0 Å². The first-order valence-corrected chi connectivity index (χ1v) is 7.11. The van der Waals surface area contributed by atoms with Crippen LogP contribution in [0.15, 0.2) is 4.52 Å². The maximum atomic E-state index is 12.8. The van der Waals surface area contributed by atoms with Gasteiger partial charge in [0.1, 0.15) is 6.04 Å². The van der Waals surface area contributed by atoms with Crippen LogP contribution in [0.2, 0.25) is 0 Å². The Bertz CT molecular complexity index is 710. The molecule has 0 bridgehead atoms. The standard InChI is InChI=1S/C14H19F2N5O2/c1-7-11(8(2)21(18-7)14(15)16)6-12(22)20(5)9(3)13-17-10(4)19-23-13/h9,14H,6H2,1-5H3. The Morgan fingerprint density at radius 3 is 2.48 bits per heavy atom. The second-order valence-corrected chi connectivity index (χ2v) is 5.41. The normalized spacial score (nSPS) is 12.7. The van der Waals surface area contributed by atoms with E-state index in [0.717, 1.165) is 0 Å². The monoisotopic (exact) mass is 327 g/mol. The van der Waals surface area contributed by atoms with E-state index in [9.17, 15) is 13.6 Å². The molecule has 2 aromatic rings. The third-order valence-electron chi connectivity index (χ3n) is 3.86. The fourth-order valence-electron chi connectivity index (χ4n) is 2.28. The van der Waals surface area contributed by atoms with Gasteiger partial charge in [-0.3, -0.25) is 4.79 Å². The van der Waals surface area contributed by atoms with Gasteiger partial charge in [-0.1, -0.05) is 5.16 Å². The molecule has 0 spiro atoms. The van der Waals surface area contributed by atoms with Crippen molar-refractivity contribution in [2.45, 2.75) is 46.7 Å². The number of carbonyl (C=O) groups is 1. The number of hydrogen-bond acceptors (Lipinski definition) is 5. The minimum absolute atomic E-state index is 0.0155. The number of aromatic nitrogens is 4. The lowest BCUT2D eigenvalue weighted by atomic mass is 10.1. The first-order valence-electron chi connectivity index (χ1n) is 7.11. The molecule has 1 amide bonds. The van der Waals surface area contributed by atoms with Crippen molar-refractivity contribution in [1.82, 2.24) is 24.8 Å². The van der Waals surface area contributed by atoms with Crippen LogP contribution in [0.1, 0.15) is 48.2 Å². The van der Waals surface area contributed by atoms with Crippen LogP contribution in [0, 0.1) is 20.8 Å². The van der Waals surface area contributed by atoms with Gasteiger partial charge in [0.05, 0.1) is 12.1 Å². The number of halogens is 2. The Balaban J connectivity index is 2.15. The van der Waals surface area contributed by atoms with E-state index in [2.05, 4.69) is 15.2 Å². The summed E-state index contributed by atoms with van der Waals surface area (Å²) in [6.07, 6.45) is -0.0155. The summed E-state index contributed by atoms with van der Waals surface area (Å²) in [5.74, 6) is 0.570. The highest BCUT2D eigenvalue weighted by Gasteiger charge is 2.25. The summed E-state index contributed by atoms with van der Waals surface area (Å²) in [5.41, 5.74) is 1.22. The number of nitrogens with zero attached hydrogens (tertiary/aromatic N) is 5. The molecule has 1 atom stereocenters. The van der Waals surface area contributed by atoms with Crippen LogP contribution in [0.5, 0.6) is 0 Å². The average molecular weight is 327 g/mol. The van der Waals surface area contributed by atoms with Crippen LogP contribution in [-0.2, 0) is 11.2 Å². The van der Waals surface area contributed by atoms with Crippen molar-refractivity contribution in [3.63, 3.8) is 0 Å². The average Bonchev–Trinajstić information content (AvgIpc) is 3.04. The molecule has 7 nitrogen and oxygen atoms in total. The van der Waals surface area contributed by atoms with Gasteiger partial charge in [0.15, 0.2) is 5.82 Å². The SMILES string of the molecule is Cc1noc(C(C)N(C)C(=O)Cc2c(C)nn(C(F)F)c2C)n1. The Kier molecular flexibility index (Phi) is 4.76. The molecule has 126 valence electrons. The summed E-state index contributed by atoms with van der Waals surface area (Å²) in [5, 5.41) is 7.48. The highest BCUT2D eigenvalue weighted by atomic mass is 19.3.